The molecule has 1 aliphatic rings. The second kappa shape index (κ2) is 7.33. The highest BCUT2D eigenvalue weighted by molar-refractivity contribution is 7.89. The maximum Gasteiger partial charge on any atom is 0.377 e. The van der Waals surface area contributed by atoms with Crippen molar-refractivity contribution in [3.8, 4) is 0 Å². The molecule has 1 N–H and O–H groups in total. The van der Waals surface area contributed by atoms with E-state index in [0.29, 0.717) is 30.3 Å². The third kappa shape index (κ3) is 3.20. The van der Waals surface area contributed by atoms with Crippen LogP contribution in [0, 0.1) is 5.82 Å². The van der Waals surface area contributed by atoms with Crippen LogP contribution in [0.25, 0.3) is 5.52 Å². The molecule has 0 radical (unpaired) electrons. The Morgan fingerprint density at radius 2 is 1.87 bits per heavy atom. The van der Waals surface area contributed by atoms with Gasteiger partial charge in [0.15, 0.2) is 0 Å². The summed E-state index contributed by atoms with van der Waals surface area (Å²) >= 11 is 0. The Morgan fingerprint density at radius 1 is 1.17 bits per heavy atom. The molecule has 0 spiro atoms. The van der Waals surface area contributed by atoms with E-state index in [1.165, 1.54) is 23.5 Å². The number of halogens is 1. The minimum Gasteiger partial charge on any atom is -0.475 e. The van der Waals surface area contributed by atoms with Gasteiger partial charge in [-0.15, -0.1) is 0 Å². The first-order valence-electron chi connectivity index (χ1n) is 9.34. The number of hydrogen-bond acceptors (Lipinski definition) is 4. The van der Waals surface area contributed by atoms with Crippen molar-refractivity contribution in [3.63, 3.8) is 0 Å². The van der Waals surface area contributed by atoms with Gasteiger partial charge in [0.05, 0.1) is 16.0 Å². The summed E-state index contributed by atoms with van der Waals surface area (Å²) in [6.07, 6.45) is 2.87. The number of sulfonamides is 1. The first kappa shape index (κ1) is 20.2. The van der Waals surface area contributed by atoms with Crippen LogP contribution in [0.1, 0.15) is 28.0 Å². The molecule has 3 aromatic rings. The number of aromatic nitrogens is 1. The number of likely N-dealkylation sites (N-methyl/N-ethyl adjacent to an activating group) is 1. The van der Waals surface area contributed by atoms with Crippen LogP contribution in [0.4, 0.5) is 4.39 Å². The van der Waals surface area contributed by atoms with Crippen LogP contribution in [0.15, 0.2) is 53.6 Å². The Morgan fingerprint density at radius 3 is 2.53 bits per heavy atom. The van der Waals surface area contributed by atoms with Gasteiger partial charge in [-0.2, -0.15) is 4.31 Å². The van der Waals surface area contributed by atoms with E-state index in [2.05, 4.69) is 0 Å². The number of carbonyl (C=O) groups is 2. The van der Waals surface area contributed by atoms with Crippen molar-refractivity contribution >= 4 is 27.3 Å². The quantitative estimate of drug-likeness (QED) is 0.496. The van der Waals surface area contributed by atoms with Crippen molar-refractivity contribution in [3.05, 3.63) is 71.3 Å². The standard InChI is InChI=1S/C21H19FN2O5S/c1-23(30(28,29)15-8-5-13(22)6-9-15)14-7-10-16-18(12-14)24-11-3-2-4-17(24)19(16)20(25)21(26)27/h2-6,8-9,11,14H,7,10,12H2,1H3,(H,26,27). The van der Waals surface area contributed by atoms with E-state index in [-0.39, 0.29) is 10.5 Å². The third-order valence-corrected chi connectivity index (χ3v) is 7.56. The van der Waals surface area contributed by atoms with Gasteiger partial charge in [0.25, 0.3) is 5.78 Å². The maximum absolute atomic E-state index is 13.2. The number of rotatable bonds is 5. The fourth-order valence-electron chi connectivity index (χ4n) is 4.09. The van der Waals surface area contributed by atoms with Gasteiger partial charge in [-0.3, -0.25) is 4.79 Å². The highest BCUT2D eigenvalue weighted by Gasteiger charge is 2.35. The topological polar surface area (TPSA) is 96.2 Å². The van der Waals surface area contributed by atoms with E-state index in [1.807, 2.05) is 0 Å². The van der Waals surface area contributed by atoms with E-state index in [0.717, 1.165) is 17.8 Å². The molecule has 0 amide bonds. The predicted octanol–water partition coefficient (Wildman–Crippen LogP) is 2.52. The van der Waals surface area contributed by atoms with Crippen molar-refractivity contribution in [2.24, 2.45) is 0 Å². The lowest BCUT2D eigenvalue weighted by Gasteiger charge is -2.31. The summed E-state index contributed by atoms with van der Waals surface area (Å²) in [5.41, 5.74) is 2.05. The van der Waals surface area contributed by atoms with Gasteiger partial charge in [-0.05, 0) is 54.8 Å². The number of nitrogens with zero attached hydrogens (tertiary/aromatic N) is 2. The molecule has 0 saturated carbocycles. The predicted molar refractivity (Wildman–Crippen MR) is 107 cm³/mol. The number of carbonyl (C=O) groups excluding carboxylic acids is 1. The molecule has 0 fully saturated rings. The average Bonchev–Trinajstić information content (AvgIpc) is 3.06. The van der Waals surface area contributed by atoms with Crippen molar-refractivity contribution in [2.45, 2.75) is 30.2 Å². The number of benzene rings is 1. The zero-order chi connectivity index (χ0) is 21.6. The molecular formula is C21H19FN2O5S. The average molecular weight is 430 g/mol. The van der Waals surface area contributed by atoms with E-state index < -0.39 is 33.6 Å². The van der Waals surface area contributed by atoms with Gasteiger partial charge in [-0.1, -0.05) is 6.07 Å². The van der Waals surface area contributed by atoms with E-state index in [4.69, 9.17) is 0 Å². The molecule has 156 valence electrons. The number of carboxylic acids is 1. The number of ketones is 1. The lowest BCUT2D eigenvalue weighted by atomic mass is 9.90. The van der Waals surface area contributed by atoms with Crippen LogP contribution in [-0.4, -0.2) is 47.1 Å². The first-order chi connectivity index (χ1) is 14.2. The van der Waals surface area contributed by atoms with Crippen molar-refractivity contribution < 1.29 is 27.5 Å². The Labute approximate surface area is 172 Å². The number of hydrogen-bond donors (Lipinski definition) is 1. The molecule has 0 bridgehead atoms. The Hall–Kier alpha value is -3.04. The summed E-state index contributed by atoms with van der Waals surface area (Å²) in [5.74, 6) is -3.01. The van der Waals surface area contributed by atoms with Crippen molar-refractivity contribution in [2.75, 3.05) is 7.05 Å². The summed E-state index contributed by atoms with van der Waals surface area (Å²) in [7, 11) is -2.36. The molecular weight excluding hydrogens is 411 g/mol. The zero-order valence-electron chi connectivity index (χ0n) is 16.1. The fourth-order valence-corrected chi connectivity index (χ4v) is 5.48. The first-order valence-corrected chi connectivity index (χ1v) is 10.8. The van der Waals surface area contributed by atoms with Crippen LogP contribution in [-0.2, 0) is 27.7 Å². The van der Waals surface area contributed by atoms with E-state index in [9.17, 15) is 27.5 Å². The molecule has 1 atom stereocenters. The Balaban J connectivity index is 1.73. The van der Waals surface area contributed by atoms with Gasteiger partial charge in [-0.25, -0.2) is 17.6 Å². The number of Topliss-reactive ketones (excluding diaryl/α,β-unsaturated/α-hetero) is 1. The monoisotopic (exact) mass is 430 g/mol. The Kier molecular flexibility index (Phi) is 4.95. The van der Waals surface area contributed by atoms with Crippen molar-refractivity contribution in [1.29, 1.82) is 0 Å². The van der Waals surface area contributed by atoms with E-state index in [1.54, 1.807) is 28.8 Å². The number of carboxylic acid groups (broad SMARTS) is 1. The van der Waals surface area contributed by atoms with Gasteiger partial charge >= 0.3 is 5.97 Å². The summed E-state index contributed by atoms with van der Waals surface area (Å²) < 4.78 is 42.2. The highest BCUT2D eigenvalue weighted by Crippen LogP contribution is 2.33. The largest absolute Gasteiger partial charge is 0.475 e. The summed E-state index contributed by atoms with van der Waals surface area (Å²) in [6.45, 7) is 0. The molecule has 1 unspecified atom stereocenters. The van der Waals surface area contributed by atoms with Gasteiger partial charge in [0, 0.05) is 31.4 Å². The molecule has 4 rings (SSSR count). The molecule has 0 saturated heterocycles. The summed E-state index contributed by atoms with van der Waals surface area (Å²) in [6, 6.07) is 9.44. The van der Waals surface area contributed by atoms with Crippen molar-refractivity contribution in [1.82, 2.24) is 8.71 Å². The lowest BCUT2D eigenvalue weighted by molar-refractivity contribution is -0.131. The number of fused-ring (bicyclic) bond motifs is 3. The van der Waals surface area contributed by atoms with Crippen LogP contribution in [0.3, 0.4) is 0 Å². The maximum atomic E-state index is 13.2. The SMILES string of the molecule is CN(C1CCc2c(C(=O)C(=O)O)c3ccccn3c2C1)S(=O)(=O)c1ccc(F)cc1. The molecule has 9 heteroatoms. The molecule has 7 nitrogen and oxygen atoms in total. The molecule has 1 aliphatic carbocycles. The minimum atomic E-state index is -3.84. The van der Waals surface area contributed by atoms with Gasteiger partial charge < -0.3 is 9.51 Å². The molecule has 1 aromatic carbocycles. The third-order valence-electron chi connectivity index (χ3n) is 5.64. The van der Waals surface area contributed by atoms with Crippen LogP contribution in [0.5, 0.6) is 0 Å². The number of aliphatic carboxylic acids is 1. The second-order valence-corrected chi connectivity index (χ2v) is 9.26. The smallest absolute Gasteiger partial charge is 0.377 e. The fraction of sp³-hybridized carbons (Fsp3) is 0.238. The summed E-state index contributed by atoms with van der Waals surface area (Å²) in [4.78, 5) is 23.7. The lowest BCUT2D eigenvalue weighted by Crippen LogP contribution is -2.40. The second-order valence-electron chi connectivity index (χ2n) is 7.26. The molecule has 2 aromatic heterocycles. The molecule has 2 heterocycles. The summed E-state index contributed by atoms with van der Waals surface area (Å²) in [5, 5.41) is 9.23. The Bertz CT molecular complexity index is 1260. The van der Waals surface area contributed by atoms with Crippen LogP contribution in [0.2, 0.25) is 0 Å². The van der Waals surface area contributed by atoms with Gasteiger partial charge in [0.1, 0.15) is 5.82 Å². The zero-order valence-corrected chi connectivity index (χ0v) is 16.9. The molecule has 30 heavy (non-hydrogen) atoms. The minimum absolute atomic E-state index is 0.000965. The van der Waals surface area contributed by atoms with E-state index >= 15 is 0 Å². The normalized spacial score (nSPS) is 16.6. The van der Waals surface area contributed by atoms with Gasteiger partial charge in [0.2, 0.25) is 10.0 Å². The van der Waals surface area contributed by atoms with Crippen LogP contribution < -0.4 is 0 Å². The highest BCUT2D eigenvalue weighted by atomic mass is 32.2. The van der Waals surface area contributed by atoms with Crippen LogP contribution >= 0.6 is 0 Å². The number of pyridine rings is 1. The molecule has 0 aliphatic heterocycles.